The molecule has 32 heavy (non-hydrogen) atoms. The maximum Gasteiger partial charge on any atom is 0.255 e. The van der Waals surface area contributed by atoms with Crippen LogP contribution in [0.2, 0.25) is 0 Å². The van der Waals surface area contributed by atoms with Gasteiger partial charge in [0.2, 0.25) is 0 Å². The van der Waals surface area contributed by atoms with Crippen LogP contribution in [0.1, 0.15) is 38.1 Å². The first-order chi connectivity index (χ1) is 15.5. The molecule has 4 rings (SSSR count). The number of nitrogens with one attached hydrogen (secondary N) is 2. The summed E-state index contributed by atoms with van der Waals surface area (Å²) in [6.07, 6.45) is 3.42. The monoisotopic (exact) mass is 428 g/mol. The fourth-order valence-corrected chi connectivity index (χ4v) is 3.32. The molecular formula is C25H21FN4O2. The first-order valence-electron chi connectivity index (χ1n) is 10.0. The third-order valence-corrected chi connectivity index (χ3v) is 5.04. The molecule has 160 valence electrons. The van der Waals surface area contributed by atoms with Crippen molar-refractivity contribution in [1.82, 2.24) is 14.9 Å². The molecule has 4 aromatic rings. The Balaban J connectivity index is 1.50. The highest BCUT2D eigenvalue weighted by Gasteiger charge is 2.21. The lowest BCUT2D eigenvalue weighted by molar-refractivity contribution is 0.0940. The molecule has 7 heteroatoms. The molecule has 1 heterocycles. The van der Waals surface area contributed by atoms with E-state index in [0.717, 1.165) is 0 Å². The quantitative estimate of drug-likeness (QED) is 0.480. The number of hydrogen-bond acceptors (Lipinski definition) is 3. The molecule has 1 atom stereocenters. The Morgan fingerprint density at radius 1 is 0.875 bits per heavy atom. The summed E-state index contributed by atoms with van der Waals surface area (Å²) in [5.41, 5.74) is 2.26. The second-order valence-corrected chi connectivity index (χ2v) is 7.25. The average Bonchev–Trinajstić information content (AvgIpc) is 3.24. The van der Waals surface area contributed by atoms with Crippen molar-refractivity contribution in [2.24, 2.45) is 7.05 Å². The van der Waals surface area contributed by atoms with E-state index in [9.17, 15) is 14.0 Å². The summed E-state index contributed by atoms with van der Waals surface area (Å²) >= 11 is 0. The number of nitrogens with zero attached hydrogens (tertiary/aromatic N) is 2. The second kappa shape index (κ2) is 9.26. The molecule has 1 unspecified atom stereocenters. The van der Waals surface area contributed by atoms with Crippen molar-refractivity contribution in [3.63, 3.8) is 0 Å². The second-order valence-electron chi connectivity index (χ2n) is 7.25. The van der Waals surface area contributed by atoms with E-state index in [1.165, 1.54) is 12.1 Å². The molecular weight excluding hydrogens is 407 g/mol. The van der Waals surface area contributed by atoms with Gasteiger partial charge in [0, 0.05) is 36.3 Å². The molecule has 0 aliphatic carbocycles. The van der Waals surface area contributed by atoms with E-state index in [1.807, 2.05) is 13.1 Å². The lowest BCUT2D eigenvalue weighted by atomic mass is 10.0. The predicted molar refractivity (Wildman–Crippen MR) is 120 cm³/mol. The summed E-state index contributed by atoms with van der Waals surface area (Å²) in [7, 11) is 1.83. The van der Waals surface area contributed by atoms with E-state index >= 15 is 0 Å². The number of aryl methyl sites for hydroxylation is 1. The summed E-state index contributed by atoms with van der Waals surface area (Å²) in [5, 5.41) is 5.77. The number of benzene rings is 3. The van der Waals surface area contributed by atoms with E-state index in [0.29, 0.717) is 28.2 Å². The molecule has 0 radical (unpaired) electrons. The summed E-state index contributed by atoms with van der Waals surface area (Å²) < 4.78 is 15.2. The van der Waals surface area contributed by atoms with Crippen LogP contribution < -0.4 is 10.6 Å². The predicted octanol–water partition coefficient (Wildman–Crippen LogP) is 4.33. The summed E-state index contributed by atoms with van der Waals surface area (Å²) in [5.74, 6) is -0.277. The summed E-state index contributed by atoms with van der Waals surface area (Å²) in [4.78, 5) is 29.6. The Morgan fingerprint density at radius 3 is 2.16 bits per heavy atom. The molecule has 0 aliphatic heterocycles. The van der Waals surface area contributed by atoms with Gasteiger partial charge < -0.3 is 15.2 Å². The zero-order chi connectivity index (χ0) is 22.5. The highest BCUT2D eigenvalue weighted by Crippen LogP contribution is 2.22. The normalized spacial score (nSPS) is 11.6. The van der Waals surface area contributed by atoms with Crippen molar-refractivity contribution in [3.05, 3.63) is 120 Å². The van der Waals surface area contributed by atoms with Gasteiger partial charge >= 0.3 is 0 Å². The van der Waals surface area contributed by atoms with Crippen LogP contribution in [0.3, 0.4) is 0 Å². The fourth-order valence-electron chi connectivity index (χ4n) is 3.32. The number of amides is 2. The SMILES string of the molecule is Cn1ccnc1C(NC(=O)c1ccc(NC(=O)c2ccccc2)cc1)c1ccc(F)cc1. The van der Waals surface area contributed by atoms with Gasteiger partial charge in [-0.2, -0.15) is 0 Å². The molecule has 0 saturated carbocycles. The number of carbonyl (C=O) groups is 2. The van der Waals surface area contributed by atoms with Crippen molar-refractivity contribution >= 4 is 17.5 Å². The van der Waals surface area contributed by atoms with Crippen LogP contribution >= 0.6 is 0 Å². The highest BCUT2D eigenvalue weighted by molar-refractivity contribution is 6.04. The molecule has 0 bridgehead atoms. The molecule has 2 amide bonds. The molecule has 0 spiro atoms. The largest absolute Gasteiger partial charge is 0.338 e. The van der Waals surface area contributed by atoms with Crippen LogP contribution in [-0.4, -0.2) is 21.4 Å². The molecule has 0 fully saturated rings. The van der Waals surface area contributed by atoms with Crippen LogP contribution in [0.4, 0.5) is 10.1 Å². The highest BCUT2D eigenvalue weighted by atomic mass is 19.1. The van der Waals surface area contributed by atoms with Gasteiger partial charge in [-0.15, -0.1) is 0 Å². The number of hydrogen-bond donors (Lipinski definition) is 2. The Bertz CT molecular complexity index is 1220. The van der Waals surface area contributed by atoms with E-state index < -0.39 is 6.04 Å². The van der Waals surface area contributed by atoms with Gasteiger partial charge in [0.15, 0.2) is 0 Å². The third kappa shape index (κ3) is 4.73. The van der Waals surface area contributed by atoms with Crippen LogP contribution in [-0.2, 0) is 7.05 Å². The first-order valence-corrected chi connectivity index (χ1v) is 10.0. The number of anilines is 1. The van der Waals surface area contributed by atoms with Crippen molar-refractivity contribution in [2.75, 3.05) is 5.32 Å². The van der Waals surface area contributed by atoms with E-state index in [-0.39, 0.29) is 17.6 Å². The lowest BCUT2D eigenvalue weighted by Crippen LogP contribution is -2.31. The number of halogens is 1. The average molecular weight is 428 g/mol. The van der Waals surface area contributed by atoms with Crippen molar-refractivity contribution in [3.8, 4) is 0 Å². The van der Waals surface area contributed by atoms with Crippen LogP contribution in [0.15, 0.2) is 91.3 Å². The van der Waals surface area contributed by atoms with Gasteiger partial charge in [-0.3, -0.25) is 9.59 Å². The van der Waals surface area contributed by atoms with E-state index in [2.05, 4.69) is 15.6 Å². The van der Waals surface area contributed by atoms with Crippen molar-refractivity contribution < 1.29 is 14.0 Å². The molecule has 2 N–H and O–H groups in total. The standard InChI is InChI=1S/C25H21FN4O2/c1-30-16-15-27-23(30)22(17-7-11-20(26)12-8-17)29-25(32)19-9-13-21(14-10-19)28-24(31)18-5-3-2-4-6-18/h2-16,22H,1H3,(H,28,31)(H,29,32). The summed E-state index contributed by atoms with van der Waals surface area (Å²) in [6.45, 7) is 0. The number of rotatable bonds is 6. The Labute approximate surface area is 184 Å². The smallest absolute Gasteiger partial charge is 0.255 e. The minimum Gasteiger partial charge on any atom is -0.338 e. The lowest BCUT2D eigenvalue weighted by Gasteiger charge is -2.19. The Hall–Kier alpha value is -4.26. The van der Waals surface area contributed by atoms with Crippen molar-refractivity contribution in [1.29, 1.82) is 0 Å². The minimum absolute atomic E-state index is 0.228. The van der Waals surface area contributed by atoms with Crippen molar-refractivity contribution in [2.45, 2.75) is 6.04 Å². The maximum atomic E-state index is 13.4. The van der Waals surface area contributed by atoms with Gasteiger partial charge in [-0.05, 0) is 54.1 Å². The molecule has 0 aliphatic rings. The Morgan fingerprint density at radius 2 is 1.53 bits per heavy atom. The molecule has 6 nitrogen and oxygen atoms in total. The molecule has 3 aromatic carbocycles. The fraction of sp³-hybridized carbons (Fsp3) is 0.0800. The van der Waals surface area contributed by atoms with Gasteiger partial charge in [-0.25, -0.2) is 9.37 Å². The van der Waals surface area contributed by atoms with Gasteiger partial charge in [0.25, 0.3) is 11.8 Å². The topological polar surface area (TPSA) is 76.0 Å². The third-order valence-electron chi connectivity index (χ3n) is 5.04. The first kappa shape index (κ1) is 21.0. The van der Waals surface area contributed by atoms with Crippen LogP contribution in [0.5, 0.6) is 0 Å². The van der Waals surface area contributed by atoms with Crippen LogP contribution in [0, 0.1) is 5.82 Å². The minimum atomic E-state index is -0.555. The zero-order valence-electron chi connectivity index (χ0n) is 17.3. The van der Waals surface area contributed by atoms with Crippen LogP contribution in [0.25, 0.3) is 0 Å². The van der Waals surface area contributed by atoms with Gasteiger partial charge in [-0.1, -0.05) is 30.3 Å². The maximum absolute atomic E-state index is 13.4. The van der Waals surface area contributed by atoms with Gasteiger partial charge in [0.05, 0.1) is 0 Å². The number of carbonyl (C=O) groups excluding carboxylic acids is 2. The number of aromatic nitrogens is 2. The molecule has 0 saturated heterocycles. The molecule has 1 aromatic heterocycles. The van der Waals surface area contributed by atoms with E-state index in [4.69, 9.17) is 0 Å². The Kier molecular flexibility index (Phi) is 6.07. The number of imidazole rings is 1. The van der Waals surface area contributed by atoms with E-state index in [1.54, 1.807) is 77.6 Å². The summed E-state index contributed by atoms with van der Waals surface area (Å²) in [6, 6.07) is 20.9. The zero-order valence-corrected chi connectivity index (χ0v) is 17.3. The van der Waals surface area contributed by atoms with Gasteiger partial charge in [0.1, 0.15) is 17.7 Å².